The molecule has 0 spiro atoms. The lowest BCUT2D eigenvalue weighted by molar-refractivity contribution is -0.167. The Morgan fingerprint density at radius 1 is 0.276 bits per heavy atom. The molecule has 0 fully saturated rings. The standard InChI is InChI=1S/C70H128O6/c1-4-7-10-13-16-19-22-24-26-27-28-29-30-31-32-33-34-35-36-37-38-39-40-41-42-44-45-48-51-54-57-60-63-69(72)75-66-67(65-74-68(71)62-59-56-53-50-47-21-18-15-12-9-6-3)76-70(73)64-61-58-55-52-49-46-43-25-23-20-17-14-11-8-5-2/h8,11,15,17-18,20,25,43,67H,4-7,9-10,12-14,16,19,21-24,26-42,44-66H2,1-3H3/b11-8-,18-15-,20-17-,43-25-. The topological polar surface area (TPSA) is 78.9 Å². The van der Waals surface area contributed by atoms with Crippen LogP contribution >= 0.6 is 0 Å². The highest BCUT2D eigenvalue weighted by atomic mass is 16.6. The fourth-order valence-electron chi connectivity index (χ4n) is 10.0. The monoisotopic (exact) mass is 1060 g/mol. The molecule has 6 heteroatoms. The normalized spacial score (nSPS) is 12.3. The summed E-state index contributed by atoms with van der Waals surface area (Å²) in [5.74, 6) is -0.890. The molecule has 76 heavy (non-hydrogen) atoms. The van der Waals surface area contributed by atoms with E-state index in [2.05, 4.69) is 69.4 Å². The van der Waals surface area contributed by atoms with Gasteiger partial charge in [0, 0.05) is 19.3 Å². The second-order valence-corrected chi connectivity index (χ2v) is 22.7. The van der Waals surface area contributed by atoms with E-state index >= 15 is 0 Å². The largest absolute Gasteiger partial charge is 0.462 e. The zero-order chi connectivity index (χ0) is 55.0. The van der Waals surface area contributed by atoms with Gasteiger partial charge in [-0.25, -0.2) is 0 Å². The molecule has 0 aromatic heterocycles. The number of hydrogen-bond donors (Lipinski definition) is 0. The highest BCUT2D eigenvalue weighted by Gasteiger charge is 2.19. The van der Waals surface area contributed by atoms with Crippen molar-refractivity contribution in [1.29, 1.82) is 0 Å². The van der Waals surface area contributed by atoms with Crippen molar-refractivity contribution in [2.24, 2.45) is 0 Å². The molecule has 0 heterocycles. The molecule has 0 rings (SSSR count). The smallest absolute Gasteiger partial charge is 0.306 e. The van der Waals surface area contributed by atoms with Gasteiger partial charge in [-0.05, 0) is 70.6 Å². The fourth-order valence-corrected chi connectivity index (χ4v) is 10.0. The molecule has 0 bridgehead atoms. The van der Waals surface area contributed by atoms with Gasteiger partial charge in [0.1, 0.15) is 13.2 Å². The molecule has 0 saturated heterocycles. The molecule has 1 unspecified atom stereocenters. The minimum Gasteiger partial charge on any atom is -0.462 e. The lowest BCUT2D eigenvalue weighted by Crippen LogP contribution is -2.30. The van der Waals surface area contributed by atoms with Crippen LogP contribution in [0.3, 0.4) is 0 Å². The molecule has 1 atom stereocenters. The maximum absolute atomic E-state index is 12.9. The van der Waals surface area contributed by atoms with E-state index in [1.807, 2.05) is 0 Å². The van der Waals surface area contributed by atoms with Crippen molar-refractivity contribution in [3.63, 3.8) is 0 Å². The third-order valence-corrected chi connectivity index (χ3v) is 15.1. The summed E-state index contributed by atoms with van der Waals surface area (Å²) in [5, 5.41) is 0. The summed E-state index contributed by atoms with van der Waals surface area (Å²) >= 11 is 0. The summed E-state index contributed by atoms with van der Waals surface area (Å²) in [6, 6.07) is 0. The molecule has 0 aromatic carbocycles. The summed E-state index contributed by atoms with van der Waals surface area (Å²) in [4.78, 5) is 38.2. The van der Waals surface area contributed by atoms with Crippen molar-refractivity contribution < 1.29 is 28.6 Å². The van der Waals surface area contributed by atoms with Gasteiger partial charge in [-0.2, -0.15) is 0 Å². The minimum atomic E-state index is -0.784. The van der Waals surface area contributed by atoms with Crippen LogP contribution in [0.15, 0.2) is 48.6 Å². The molecule has 6 nitrogen and oxygen atoms in total. The van der Waals surface area contributed by atoms with Crippen LogP contribution in [0.4, 0.5) is 0 Å². The minimum absolute atomic E-state index is 0.0798. The number of hydrogen-bond acceptors (Lipinski definition) is 6. The van der Waals surface area contributed by atoms with Gasteiger partial charge in [-0.1, -0.05) is 320 Å². The van der Waals surface area contributed by atoms with Crippen molar-refractivity contribution in [1.82, 2.24) is 0 Å². The Hall–Kier alpha value is -2.63. The van der Waals surface area contributed by atoms with E-state index in [9.17, 15) is 14.4 Å². The van der Waals surface area contributed by atoms with Crippen molar-refractivity contribution in [2.45, 2.75) is 367 Å². The predicted octanol–water partition coefficient (Wildman–Crippen LogP) is 22.9. The first kappa shape index (κ1) is 73.4. The summed E-state index contributed by atoms with van der Waals surface area (Å²) < 4.78 is 16.9. The Balaban J connectivity index is 4.06. The van der Waals surface area contributed by atoms with Gasteiger partial charge in [0.15, 0.2) is 6.10 Å². The van der Waals surface area contributed by atoms with Crippen LogP contribution in [0.5, 0.6) is 0 Å². The zero-order valence-electron chi connectivity index (χ0n) is 51.0. The Kier molecular flexibility index (Phi) is 62.6. The first-order valence-electron chi connectivity index (χ1n) is 33.6. The highest BCUT2D eigenvalue weighted by molar-refractivity contribution is 5.71. The number of carbonyl (C=O) groups is 3. The second kappa shape index (κ2) is 64.9. The molecule has 0 N–H and O–H groups in total. The molecule has 0 aliphatic rings. The van der Waals surface area contributed by atoms with E-state index < -0.39 is 6.10 Å². The molecule has 0 aromatic rings. The lowest BCUT2D eigenvalue weighted by atomic mass is 10.0. The summed E-state index contributed by atoms with van der Waals surface area (Å²) in [7, 11) is 0. The van der Waals surface area contributed by atoms with Crippen LogP contribution in [-0.2, 0) is 28.6 Å². The van der Waals surface area contributed by atoms with Gasteiger partial charge in [0.2, 0.25) is 0 Å². The van der Waals surface area contributed by atoms with Crippen molar-refractivity contribution in [3.8, 4) is 0 Å². The first-order chi connectivity index (χ1) is 37.5. The van der Waals surface area contributed by atoms with Crippen LogP contribution < -0.4 is 0 Å². The van der Waals surface area contributed by atoms with E-state index in [0.717, 1.165) is 103 Å². The fraction of sp³-hybridized carbons (Fsp3) is 0.843. The molecule has 0 saturated carbocycles. The van der Waals surface area contributed by atoms with Crippen LogP contribution in [0.25, 0.3) is 0 Å². The maximum atomic E-state index is 12.9. The van der Waals surface area contributed by atoms with E-state index in [1.165, 1.54) is 218 Å². The van der Waals surface area contributed by atoms with Crippen LogP contribution in [0.1, 0.15) is 361 Å². The van der Waals surface area contributed by atoms with E-state index in [0.29, 0.717) is 19.3 Å². The van der Waals surface area contributed by atoms with Gasteiger partial charge >= 0.3 is 17.9 Å². The van der Waals surface area contributed by atoms with Crippen molar-refractivity contribution in [2.75, 3.05) is 13.2 Å². The molecule has 0 radical (unpaired) electrons. The highest BCUT2D eigenvalue weighted by Crippen LogP contribution is 2.18. The first-order valence-corrected chi connectivity index (χ1v) is 33.6. The van der Waals surface area contributed by atoms with Gasteiger partial charge in [0.25, 0.3) is 0 Å². The average Bonchev–Trinajstić information content (AvgIpc) is 3.42. The molecule has 0 aliphatic heterocycles. The third-order valence-electron chi connectivity index (χ3n) is 15.1. The molecule has 0 amide bonds. The number of esters is 3. The van der Waals surface area contributed by atoms with Crippen LogP contribution in [0.2, 0.25) is 0 Å². The number of unbranched alkanes of at least 4 members (excludes halogenated alkanes) is 43. The molecule has 444 valence electrons. The summed E-state index contributed by atoms with van der Waals surface area (Å²) in [5.41, 5.74) is 0. The van der Waals surface area contributed by atoms with Crippen LogP contribution in [0, 0.1) is 0 Å². The Morgan fingerprint density at radius 2 is 0.526 bits per heavy atom. The Bertz CT molecular complexity index is 1310. The zero-order valence-corrected chi connectivity index (χ0v) is 51.0. The quantitative estimate of drug-likeness (QED) is 0.0261. The van der Waals surface area contributed by atoms with E-state index in [-0.39, 0.29) is 31.1 Å². The molecular formula is C70H128O6. The molecular weight excluding hydrogens is 937 g/mol. The number of allylic oxidation sites excluding steroid dienone is 8. The number of carbonyl (C=O) groups excluding carboxylic acids is 3. The number of ether oxygens (including phenoxy) is 3. The van der Waals surface area contributed by atoms with Crippen molar-refractivity contribution >= 4 is 17.9 Å². The van der Waals surface area contributed by atoms with E-state index in [4.69, 9.17) is 14.2 Å². The predicted molar refractivity (Wildman–Crippen MR) is 330 cm³/mol. The third kappa shape index (κ3) is 62.2. The van der Waals surface area contributed by atoms with Gasteiger partial charge in [-0.3, -0.25) is 14.4 Å². The van der Waals surface area contributed by atoms with Crippen LogP contribution in [-0.4, -0.2) is 37.2 Å². The molecule has 0 aliphatic carbocycles. The van der Waals surface area contributed by atoms with Gasteiger partial charge < -0.3 is 14.2 Å². The number of rotatable bonds is 62. The Labute approximate surface area is 473 Å². The summed E-state index contributed by atoms with van der Waals surface area (Å²) in [6.07, 6.45) is 81.6. The SMILES string of the molecule is CC/C=C\C/C=C\C/C=C\CCCCCCCC(=O)OC(COC(=O)CCCCCCC/C=C\CCCC)COC(=O)CCCCCCCCCCCCCCCCCCCCCCCCCCCCCCCCCC. The average molecular weight is 1070 g/mol. The van der Waals surface area contributed by atoms with Crippen molar-refractivity contribution in [3.05, 3.63) is 48.6 Å². The van der Waals surface area contributed by atoms with Gasteiger partial charge in [-0.15, -0.1) is 0 Å². The van der Waals surface area contributed by atoms with Gasteiger partial charge in [0.05, 0.1) is 0 Å². The summed E-state index contributed by atoms with van der Waals surface area (Å²) in [6.45, 7) is 6.52. The Morgan fingerprint density at radius 3 is 0.855 bits per heavy atom. The second-order valence-electron chi connectivity index (χ2n) is 22.7. The van der Waals surface area contributed by atoms with E-state index in [1.54, 1.807) is 0 Å². The maximum Gasteiger partial charge on any atom is 0.306 e. The lowest BCUT2D eigenvalue weighted by Gasteiger charge is -2.18.